The summed E-state index contributed by atoms with van der Waals surface area (Å²) in [6, 6.07) is 6.42. The molecule has 1 aromatic rings. The molecule has 5 nitrogen and oxygen atoms in total. The number of nitrogens with zero attached hydrogens (tertiary/aromatic N) is 2. The number of rotatable bonds is 4. The Morgan fingerprint density at radius 1 is 1.20 bits per heavy atom. The van der Waals surface area contributed by atoms with Crippen LogP contribution in [-0.2, 0) is 21.5 Å². The molecule has 1 aliphatic heterocycles. The molecule has 0 saturated heterocycles. The molecule has 2 fully saturated rings. The Bertz CT molecular complexity index is 904. The van der Waals surface area contributed by atoms with Crippen LogP contribution in [0.5, 0.6) is 0 Å². The number of carbonyl (C=O) groups excluding carboxylic acids is 1. The molecule has 2 saturated carbocycles. The number of amides is 1. The molecule has 5 rings (SSSR count). The molecule has 1 aromatic carbocycles. The number of halogens is 2. The number of fused-ring (bicyclic) bond motifs is 3. The van der Waals surface area contributed by atoms with Crippen LogP contribution < -0.4 is 5.73 Å². The third kappa shape index (κ3) is 2.74. The van der Waals surface area contributed by atoms with E-state index in [-0.39, 0.29) is 17.9 Å². The van der Waals surface area contributed by atoms with E-state index in [0.29, 0.717) is 31.6 Å². The van der Waals surface area contributed by atoms with E-state index in [1.54, 1.807) is 4.90 Å². The Morgan fingerprint density at radius 2 is 1.90 bits per heavy atom. The maximum atomic E-state index is 14.0. The molecule has 4 aliphatic rings. The predicted molar refractivity (Wildman–Crippen MR) is 109 cm³/mol. The molecule has 0 radical (unpaired) electrons. The van der Waals surface area contributed by atoms with Crippen LogP contribution >= 0.6 is 0 Å². The number of carbonyl (C=O) groups is 1. The molecule has 1 atom stereocenters. The Labute approximate surface area is 175 Å². The van der Waals surface area contributed by atoms with Crippen molar-refractivity contribution in [2.75, 3.05) is 0 Å². The molecule has 2 N–H and O–H groups in total. The Hall–Kier alpha value is -2.02. The van der Waals surface area contributed by atoms with Crippen LogP contribution in [0.15, 0.2) is 23.2 Å². The maximum absolute atomic E-state index is 14.0. The van der Waals surface area contributed by atoms with Gasteiger partial charge in [0.1, 0.15) is 0 Å². The minimum absolute atomic E-state index is 0.0603. The summed E-state index contributed by atoms with van der Waals surface area (Å²) in [5.41, 5.74) is 8.22. The van der Waals surface area contributed by atoms with Gasteiger partial charge in [-0.3, -0.25) is 9.69 Å². The zero-order valence-corrected chi connectivity index (χ0v) is 17.5. The normalized spacial score (nSPS) is 33.3. The van der Waals surface area contributed by atoms with Gasteiger partial charge in [-0.2, -0.15) is 8.78 Å². The van der Waals surface area contributed by atoms with Gasteiger partial charge in [0.05, 0.1) is 6.10 Å². The summed E-state index contributed by atoms with van der Waals surface area (Å²) >= 11 is 0. The van der Waals surface area contributed by atoms with Gasteiger partial charge < -0.3 is 10.5 Å². The number of aliphatic imine (C=N–C) groups is 1. The van der Waals surface area contributed by atoms with Crippen molar-refractivity contribution < 1.29 is 18.3 Å². The van der Waals surface area contributed by atoms with Gasteiger partial charge in [-0.25, -0.2) is 4.99 Å². The van der Waals surface area contributed by atoms with Crippen molar-refractivity contribution in [3.05, 3.63) is 34.9 Å². The first kappa shape index (κ1) is 19.9. The van der Waals surface area contributed by atoms with Gasteiger partial charge in [0, 0.05) is 11.5 Å². The van der Waals surface area contributed by atoms with E-state index >= 15 is 0 Å². The number of guanidine groups is 1. The summed E-state index contributed by atoms with van der Waals surface area (Å²) in [4.78, 5) is 20.5. The zero-order valence-electron chi connectivity index (χ0n) is 17.5. The van der Waals surface area contributed by atoms with Crippen molar-refractivity contribution >= 4 is 11.9 Å². The van der Waals surface area contributed by atoms with Crippen LogP contribution in [0.2, 0.25) is 0 Å². The number of alkyl halides is 2. The van der Waals surface area contributed by atoms with Crippen LogP contribution in [0.4, 0.5) is 8.78 Å². The summed E-state index contributed by atoms with van der Waals surface area (Å²) < 4.78 is 30.3. The van der Waals surface area contributed by atoms with Crippen LogP contribution in [0.25, 0.3) is 0 Å². The molecule has 1 heterocycles. The Balaban J connectivity index is 1.59. The molecule has 0 aromatic heterocycles. The lowest BCUT2D eigenvalue weighted by Gasteiger charge is -2.45. The second-order valence-corrected chi connectivity index (χ2v) is 9.69. The van der Waals surface area contributed by atoms with E-state index in [1.165, 1.54) is 18.4 Å². The van der Waals surface area contributed by atoms with E-state index in [9.17, 15) is 13.6 Å². The topological polar surface area (TPSA) is 67.9 Å². The molecule has 162 valence electrons. The lowest BCUT2D eigenvalue weighted by atomic mass is 9.61. The standard InChI is InChI=1S/C23H29F2N3O2/c1-13(2)28-19(29)23(27-21(28)26)18-11-15(14-3-4-14)5-6-16(18)12-22(23)9-7-17(8-10-22)30-20(24)25/h5-6,11,13-14,17,20H,3-4,7-10,12H2,1-2H3,(H2,26,27). The summed E-state index contributed by atoms with van der Waals surface area (Å²) in [7, 11) is 0. The van der Waals surface area contributed by atoms with Gasteiger partial charge in [0.15, 0.2) is 11.5 Å². The van der Waals surface area contributed by atoms with Gasteiger partial charge in [0.2, 0.25) is 0 Å². The third-order valence-electron chi connectivity index (χ3n) is 7.63. The van der Waals surface area contributed by atoms with Crippen molar-refractivity contribution in [1.29, 1.82) is 0 Å². The fourth-order valence-corrected chi connectivity index (χ4v) is 6.07. The van der Waals surface area contributed by atoms with Crippen LogP contribution in [0.1, 0.15) is 75.0 Å². The summed E-state index contributed by atoms with van der Waals surface area (Å²) in [5, 5.41) is 0. The highest BCUT2D eigenvalue weighted by molar-refractivity contribution is 6.08. The minimum atomic E-state index is -2.77. The molecule has 1 unspecified atom stereocenters. The molecule has 3 aliphatic carbocycles. The van der Waals surface area contributed by atoms with E-state index in [2.05, 4.69) is 18.2 Å². The molecule has 7 heteroatoms. The van der Waals surface area contributed by atoms with Gasteiger partial charge in [0.25, 0.3) is 5.91 Å². The first-order valence-electron chi connectivity index (χ1n) is 11.0. The van der Waals surface area contributed by atoms with Gasteiger partial charge in [-0.05, 0) is 81.4 Å². The maximum Gasteiger partial charge on any atom is 0.345 e. The number of ether oxygens (including phenoxy) is 1. The molecular weight excluding hydrogens is 388 g/mol. The van der Waals surface area contributed by atoms with E-state index in [4.69, 9.17) is 15.5 Å². The highest BCUT2D eigenvalue weighted by Gasteiger charge is 2.67. The first-order valence-corrected chi connectivity index (χ1v) is 11.0. The molecule has 2 spiro atoms. The van der Waals surface area contributed by atoms with Gasteiger partial charge in [-0.1, -0.05) is 18.2 Å². The van der Waals surface area contributed by atoms with E-state index in [0.717, 1.165) is 17.5 Å². The minimum Gasteiger partial charge on any atom is -0.369 e. The quantitative estimate of drug-likeness (QED) is 0.804. The largest absolute Gasteiger partial charge is 0.369 e. The van der Waals surface area contributed by atoms with E-state index in [1.807, 2.05) is 13.8 Å². The smallest absolute Gasteiger partial charge is 0.345 e. The lowest BCUT2D eigenvalue weighted by molar-refractivity contribution is -0.179. The highest BCUT2D eigenvalue weighted by Crippen LogP contribution is 2.62. The average molecular weight is 418 g/mol. The number of hydrogen-bond donors (Lipinski definition) is 1. The molecule has 0 bridgehead atoms. The molecule has 30 heavy (non-hydrogen) atoms. The molecule has 1 amide bonds. The first-order chi connectivity index (χ1) is 14.3. The molecular formula is C23H29F2N3O2. The van der Waals surface area contributed by atoms with Crippen molar-refractivity contribution in [3.8, 4) is 0 Å². The number of hydrogen-bond acceptors (Lipinski definition) is 4. The fraction of sp³-hybridized carbons (Fsp3) is 0.652. The van der Waals surface area contributed by atoms with Crippen molar-refractivity contribution in [1.82, 2.24) is 4.90 Å². The second-order valence-electron chi connectivity index (χ2n) is 9.69. The monoisotopic (exact) mass is 417 g/mol. The Morgan fingerprint density at radius 3 is 2.47 bits per heavy atom. The summed E-state index contributed by atoms with van der Waals surface area (Å²) in [6.45, 7) is 1.11. The van der Waals surface area contributed by atoms with Crippen molar-refractivity contribution in [3.63, 3.8) is 0 Å². The van der Waals surface area contributed by atoms with Gasteiger partial charge >= 0.3 is 6.61 Å². The van der Waals surface area contributed by atoms with Crippen molar-refractivity contribution in [2.24, 2.45) is 16.1 Å². The lowest BCUT2D eigenvalue weighted by Crippen LogP contribution is -2.53. The fourth-order valence-electron chi connectivity index (χ4n) is 6.07. The zero-order chi connectivity index (χ0) is 21.3. The van der Waals surface area contributed by atoms with Crippen LogP contribution in [0.3, 0.4) is 0 Å². The number of nitrogens with two attached hydrogens (primary N) is 1. The number of benzene rings is 1. The van der Waals surface area contributed by atoms with E-state index < -0.39 is 23.7 Å². The Kier molecular flexibility index (Phi) is 4.47. The SMILES string of the molecule is CC(C)N1C(=O)C2(N=C1N)c1cc(C3CC3)ccc1CC21CCC(OC(F)F)CC1. The van der Waals surface area contributed by atoms with Crippen LogP contribution in [-0.4, -0.2) is 35.5 Å². The van der Waals surface area contributed by atoms with Crippen molar-refractivity contribution in [2.45, 2.75) is 89.0 Å². The highest BCUT2D eigenvalue weighted by atomic mass is 19.3. The van der Waals surface area contributed by atoms with Gasteiger partial charge in [-0.15, -0.1) is 0 Å². The summed E-state index contributed by atoms with van der Waals surface area (Å²) in [5.74, 6) is 0.776. The second kappa shape index (κ2) is 6.74. The average Bonchev–Trinajstić information content (AvgIpc) is 3.44. The summed E-state index contributed by atoms with van der Waals surface area (Å²) in [6.07, 6.45) is 4.85. The third-order valence-corrected chi connectivity index (χ3v) is 7.63. The van der Waals surface area contributed by atoms with Crippen LogP contribution in [0, 0.1) is 5.41 Å². The predicted octanol–water partition coefficient (Wildman–Crippen LogP) is 4.05.